The minimum Gasteiger partial charge on any atom is -0.508 e. The van der Waals surface area contributed by atoms with Gasteiger partial charge >= 0.3 is 10.2 Å². The van der Waals surface area contributed by atoms with E-state index >= 15 is 0 Å². The molecular formula is C20H22N4O6S. The Labute approximate surface area is 179 Å². The second-order valence-electron chi connectivity index (χ2n) is 7.54. The normalized spacial score (nSPS) is 19.7. The fraction of sp³-hybridized carbons (Fsp3) is 0.300. The number of ether oxygens (including phenoxy) is 1. The number of nitrogens with one attached hydrogen (secondary N) is 1. The van der Waals surface area contributed by atoms with E-state index in [0.29, 0.717) is 36.7 Å². The van der Waals surface area contributed by atoms with Crippen LogP contribution in [0.1, 0.15) is 28.8 Å². The number of amidine groups is 1. The average Bonchev–Trinajstić information content (AvgIpc) is 2.70. The summed E-state index contributed by atoms with van der Waals surface area (Å²) in [6, 6.07) is 8.72. The van der Waals surface area contributed by atoms with E-state index in [4.69, 9.17) is 10.5 Å². The molecule has 164 valence electrons. The molecule has 1 saturated heterocycles. The van der Waals surface area contributed by atoms with Gasteiger partial charge in [-0.2, -0.15) is 8.42 Å². The van der Waals surface area contributed by atoms with Crippen molar-refractivity contribution >= 4 is 27.6 Å². The number of rotatable bonds is 4. The molecule has 0 radical (unpaired) electrons. The zero-order chi connectivity index (χ0) is 22.2. The van der Waals surface area contributed by atoms with Crippen LogP contribution in [0.3, 0.4) is 0 Å². The van der Waals surface area contributed by atoms with Crippen LogP contribution in [-0.2, 0) is 10.2 Å². The lowest BCUT2D eigenvalue weighted by molar-refractivity contribution is 0.0632. The standard InChI is InChI=1S/C20H22N4O6S/c21-19-18-16(22-31(28,29)23-19)4-1-5-17(18)30-11-12-3-2-6-24(10-12)20(27)13-7-14(25)9-15(26)8-13/h1,4-5,7-9,12,22,25-26H,2-3,6,10-11H2,(H2,21,23)/t12-/m0/s1. The summed E-state index contributed by atoms with van der Waals surface area (Å²) in [6.45, 7) is 1.31. The molecule has 1 atom stereocenters. The Balaban J connectivity index is 1.45. The summed E-state index contributed by atoms with van der Waals surface area (Å²) < 4.78 is 35.2. The second-order valence-corrected chi connectivity index (χ2v) is 8.88. The Hall–Kier alpha value is -3.47. The number of anilines is 1. The quantitative estimate of drug-likeness (QED) is 0.553. The highest BCUT2D eigenvalue weighted by molar-refractivity contribution is 7.91. The topological polar surface area (TPSA) is 155 Å². The monoisotopic (exact) mass is 446 g/mol. The third kappa shape index (κ3) is 4.50. The molecule has 4 rings (SSSR count). The minimum atomic E-state index is -3.87. The predicted octanol–water partition coefficient (Wildman–Crippen LogP) is 1.40. The highest BCUT2D eigenvalue weighted by Gasteiger charge is 2.27. The minimum absolute atomic E-state index is 0.0397. The van der Waals surface area contributed by atoms with Crippen molar-refractivity contribution in [3.63, 3.8) is 0 Å². The van der Waals surface area contributed by atoms with Crippen molar-refractivity contribution in [3.8, 4) is 17.2 Å². The Morgan fingerprint density at radius 2 is 2.00 bits per heavy atom. The third-order valence-electron chi connectivity index (χ3n) is 5.17. The van der Waals surface area contributed by atoms with Crippen molar-refractivity contribution in [2.45, 2.75) is 12.8 Å². The van der Waals surface area contributed by atoms with Gasteiger partial charge in [0.1, 0.15) is 17.2 Å². The van der Waals surface area contributed by atoms with Gasteiger partial charge in [-0.15, -0.1) is 4.40 Å². The second kappa shape index (κ2) is 7.99. The van der Waals surface area contributed by atoms with Crippen molar-refractivity contribution < 1.29 is 28.2 Å². The van der Waals surface area contributed by atoms with Gasteiger partial charge in [-0.05, 0) is 37.1 Å². The number of nitrogens with two attached hydrogens (primary N) is 1. The molecule has 0 aliphatic carbocycles. The van der Waals surface area contributed by atoms with Crippen molar-refractivity contribution in [1.29, 1.82) is 0 Å². The SMILES string of the molecule is NC1=NS(=O)(=O)Nc2cccc(OC[C@H]3CCCN(C(=O)c4cc(O)cc(O)c4)C3)c21. The molecule has 1 fully saturated rings. The largest absolute Gasteiger partial charge is 0.508 e. The van der Waals surface area contributed by atoms with Crippen LogP contribution in [0.15, 0.2) is 40.8 Å². The first-order valence-electron chi connectivity index (χ1n) is 9.68. The molecule has 0 bridgehead atoms. The van der Waals surface area contributed by atoms with Crippen LogP contribution in [0.25, 0.3) is 0 Å². The highest BCUT2D eigenvalue weighted by Crippen LogP contribution is 2.31. The molecule has 11 heteroatoms. The molecule has 31 heavy (non-hydrogen) atoms. The molecule has 2 aliphatic heterocycles. The lowest BCUT2D eigenvalue weighted by Crippen LogP contribution is -2.41. The number of likely N-dealkylation sites (tertiary alicyclic amines) is 1. The summed E-state index contributed by atoms with van der Waals surface area (Å²) in [4.78, 5) is 14.4. The van der Waals surface area contributed by atoms with E-state index in [0.717, 1.165) is 12.8 Å². The highest BCUT2D eigenvalue weighted by atomic mass is 32.2. The molecule has 0 aromatic heterocycles. The van der Waals surface area contributed by atoms with E-state index in [9.17, 15) is 23.4 Å². The summed E-state index contributed by atoms with van der Waals surface area (Å²) in [5.41, 5.74) is 6.74. The maximum atomic E-state index is 12.8. The smallest absolute Gasteiger partial charge is 0.344 e. The van der Waals surface area contributed by atoms with Gasteiger partial charge in [0.15, 0.2) is 5.84 Å². The van der Waals surface area contributed by atoms with E-state index in [1.807, 2.05) is 0 Å². The van der Waals surface area contributed by atoms with Crippen LogP contribution < -0.4 is 15.2 Å². The number of hydrogen-bond acceptors (Lipinski definition) is 7. The van der Waals surface area contributed by atoms with E-state index < -0.39 is 10.2 Å². The third-order valence-corrected chi connectivity index (χ3v) is 6.08. The molecule has 0 saturated carbocycles. The van der Waals surface area contributed by atoms with E-state index in [2.05, 4.69) is 9.12 Å². The number of phenolic OH excluding ortho intramolecular Hbond substituents is 2. The number of phenols is 2. The summed E-state index contributed by atoms with van der Waals surface area (Å²) >= 11 is 0. The van der Waals surface area contributed by atoms with Gasteiger partial charge < -0.3 is 25.6 Å². The maximum Gasteiger partial charge on any atom is 0.344 e. The molecule has 2 heterocycles. The molecule has 0 unspecified atom stereocenters. The molecule has 2 aromatic carbocycles. The molecule has 10 nitrogen and oxygen atoms in total. The summed E-state index contributed by atoms with van der Waals surface area (Å²) in [5, 5.41) is 19.3. The van der Waals surface area contributed by atoms with Crippen molar-refractivity contribution in [3.05, 3.63) is 47.5 Å². The fourth-order valence-electron chi connectivity index (χ4n) is 3.83. The Morgan fingerprint density at radius 1 is 1.26 bits per heavy atom. The van der Waals surface area contributed by atoms with Crippen molar-refractivity contribution in [2.75, 3.05) is 24.4 Å². The molecule has 0 spiro atoms. The maximum absolute atomic E-state index is 12.8. The number of carbonyl (C=O) groups excluding carboxylic acids is 1. The van der Waals surface area contributed by atoms with Crippen molar-refractivity contribution in [2.24, 2.45) is 16.0 Å². The first-order chi connectivity index (χ1) is 14.7. The van der Waals surface area contributed by atoms with Crippen LogP contribution in [0.4, 0.5) is 5.69 Å². The van der Waals surface area contributed by atoms with Gasteiger partial charge in [-0.25, -0.2) is 0 Å². The lowest BCUT2D eigenvalue weighted by Gasteiger charge is -2.33. The van der Waals surface area contributed by atoms with E-state index in [-0.39, 0.29) is 34.7 Å². The van der Waals surface area contributed by atoms with Gasteiger partial charge in [-0.1, -0.05) is 6.07 Å². The number of amides is 1. The Kier molecular flexibility index (Phi) is 5.36. The summed E-state index contributed by atoms with van der Waals surface area (Å²) in [5.74, 6) is -0.333. The zero-order valence-corrected chi connectivity index (χ0v) is 17.3. The predicted molar refractivity (Wildman–Crippen MR) is 114 cm³/mol. The summed E-state index contributed by atoms with van der Waals surface area (Å²) in [7, 11) is -3.87. The van der Waals surface area contributed by atoms with Crippen LogP contribution in [0, 0.1) is 5.92 Å². The van der Waals surface area contributed by atoms with Gasteiger partial charge in [0.25, 0.3) is 5.91 Å². The molecular weight excluding hydrogens is 424 g/mol. The number of nitrogens with zero attached hydrogens (tertiary/aromatic N) is 2. The zero-order valence-electron chi connectivity index (χ0n) is 16.5. The number of carbonyl (C=O) groups is 1. The number of hydrogen-bond donors (Lipinski definition) is 4. The number of fused-ring (bicyclic) bond motifs is 1. The van der Waals surface area contributed by atoms with E-state index in [1.165, 1.54) is 18.2 Å². The molecule has 2 aliphatic rings. The first-order valence-corrected chi connectivity index (χ1v) is 11.1. The first kappa shape index (κ1) is 20.8. The number of aromatic hydroxyl groups is 2. The van der Waals surface area contributed by atoms with Crippen LogP contribution in [0.5, 0.6) is 17.2 Å². The van der Waals surface area contributed by atoms with Crippen LogP contribution >= 0.6 is 0 Å². The summed E-state index contributed by atoms with van der Waals surface area (Å²) in [6.07, 6.45) is 1.63. The number of benzene rings is 2. The molecule has 1 amide bonds. The number of piperidine rings is 1. The average molecular weight is 446 g/mol. The Morgan fingerprint density at radius 3 is 2.74 bits per heavy atom. The Bertz CT molecular complexity index is 1140. The van der Waals surface area contributed by atoms with Gasteiger partial charge in [0.05, 0.1) is 17.9 Å². The van der Waals surface area contributed by atoms with Gasteiger partial charge in [0, 0.05) is 30.6 Å². The lowest BCUT2D eigenvalue weighted by atomic mass is 9.98. The fourth-order valence-corrected chi connectivity index (χ4v) is 4.68. The van der Waals surface area contributed by atoms with Crippen LogP contribution in [-0.4, -0.2) is 55.0 Å². The van der Waals surface area contributed by atoms with E-state index in [1.54, 1.807) is 23.1 Å². The van der Waals surface area contributed by atoms with Crippen molar-refractivity contribution in [1.82, 2.24) is 4.90 Å². The van der Waals surface area contributed by atoms with Gasteiger partial charge in [-0.3, -0.25) is 9.52 Å². The molecule has 2 aromatic rings. The van der Waals surface area contributed by atoms with Crippen LogP contribution in [0.2, 0.25) is 0 Å². The van der Waals surface area contributed by atoms with Gasteiger partial charge in [0.2, 0.25) is 0 Å². The molecule has 5 N–H and O–H groups in total.